The highest BCUT2D eigenvalue weighted by Crippen LogP contribution is 2.73. The number of phosphoric ester groups is 1. The van der Waals surface area contributed by atoms with Gasteiger partial charge in [-0.25, -0.2) is 24.1 Å². The van der Waals surface area contributed by atoms with Crippen LogP contribution < -0.4 is 17.0 Å². The van der Waals surface area contributed by atoms with Gasteiger partial charge in [0.2, 0.25) is 5.95 Å². The Kier molecular flexibility index (Phi) is 7.11. The first-order valence-electron chi connectivity index (χ1n) is 14.0. The average Bonchev–Trinajstić information content (AvgIpc) is 3.30. The van der Waals surface area contributed by atoms with E-state index in [1.807, 2.05) is 0 Å². The van der Waals surface area contributed by atoms with Crippen LogP contribution in [0.1, 0.15) is 18.7 Å². The standard InChI is InChI=1S/C22H27N11O11P2S/c1-39-13-8-3-40-46(38,47)44-15-12(34)11(32-6-27-9-16(23)25-5-26-17(9)32)7-2-22(7,15)4-41-45(36,37)43-14(13)20(42-8)33-18-10(30-31-33)19(35)29-21(24)28-18/h5-8,11-15,20,34H,2-4H2,1H3,(H,36,37)(H,38,47)(H2,23,25,26)(H3,24,28,29,35)/t7-,8-,11-,12+,13-,14-,15+,20-,22?,46+/m1/s1. The second-order valence-corrected chi connectivity index (χ2v) is 15.9. The predicted octanol–water partition coefficient (Wildman–Crippen LogP) is -0.691. The number of phosphoric acid groups is 1. The lowest BCUT2D eigenvalue weighted by molar-refractivity contribution is -0.0647. The molecule has 0 aromatic carbocycles. The van der Waals surface area contributed by atoms with E-state index in [0.29, 0.717) is 17.6 Å². The smallest absolute Gasteiger partial charge is 0.388 e. The highest BCUT2D eigenvalue weighted by molar-refractivity contribution is 8.44. The Balaban J connectivity index is 1.15. The van der Waals surface area contributed by atoms with Gasteiger partial charge in [0.05, 0.1) is 25.6 Å². The van der Waals surface area contributed by atoms with Gasteiger partial charge in [-0.3, -0.25) is 27.9 Å². The summed E-state index contributed by atoms with van der Waals surface area (Å²) >= 11 is 4.18. The number of ether oxygens (including phenoxy) is 2. The molecule has 4 aromatic rings. The fraction of sp³-hybridized carbons (Fsp3) is 0.591. The number of nitrogens with two attached hydrogens (primary N) is 2. The van der Waals surface area contributed by atoms with Gasteiger partial charge >= 0.3 is 14.6 Å². The third kappa shape index (κ3) is 4.92. The van der Waals surface area contributed by atoms with Crippen molar-refractivity contribution >= 4 is 61.0 Å². The molecule has 7 N–H and O–H groups in total. The number of rotatable bonds is 3. The zero-order chi connectivity index (χ0) is 33.0. The first-order chi connectivity index (χ1) is 22.3. The van der Waals surface area contributed by atoms with Crippen LogP contribution in [0.4, 0.5) is 11.8 Å². The van der Waals surface area contributed by atoms with Crippen molar-refractivity contribution in [2.24, 2.45) is 11.3 Å². The van der Waals surface area contributed by atoms with Gasteiger partial charge in [-0.05, 0) is 12.3 Å². The molecule has 2 aliphatic carbocycles. The number of methoxy groups -OCH3 is 1. The van der Waals surface area contributed by atoms with Crippen molar-refractivity contribution in [3.8, 4) is 0 Å². The van der Waals surface area contributed by atoms with Crippen LogP contribution >= 0.6 is 26.9 Å². The Bertz CT molecular complexity index is 2060. The number of aliphatic hydroxyl groups excluding tert-OH is 1. The van der Waals surface area contributed by atoms with Crippen molar-refractivity contribution < 1.29 is 46.7 Å². The molecule has 2 aliphatic heterocycles. The Hall–Kier alpha value is -3.08. The van der Waals surface area contributed by atoms with Crippen molar-refractivity contribution in [1.82, 2.24) is 44.5 Å². The maximum Gasteiger partial charge on any atom is 0.472 e. The van der Waals surface area contributed by atoms with Gasteiger partial charge in [0, 0.05) is 12.5 Å². The van der Waals surface area contributed by atoms with Crippen molar-refractivity contribution in [3.63, 3.8) is 0 Å². The Morgan fingerprint density at radius 2 is 1.98 bits per heavy atom. The molecule has 2 bridgehead atoms. The van der Waals surface area contributed by atoms with Crippen LogP contribution in [0.5, 0.6) is 0 Å². The summed E-state index contributed by atoms with van der Waals surface area (Å²) in [4.78, 5) is 42.3. The second kappa shape index (κ2) is 10.7. The Morgan fingerprint density at radius 1 is 1.17 bits per heavy atom. The minimum atomic E-state index is -4.97. The Morgan fingerprint density at radius 3 is 2.77 bits per heavy atom. The molecule has 11 atom stereocenters. The van der Waals surface area contributed by atoms with Gasteiger partial charge < -0.3 is 35.5 Å². The number of fused-ring (bicyclic) bond motifs is 4. The summed E-state index contributed by atoms with van der Waals surface area (Å²) in [5.41, 5.74) is 10.2. The van der Waals surface area contributed by atoms with Crippen LogP contribution in [0.2, 0.25) is 0 Å². The van der Waals surface area contributed by atoms with Gasteiger partial charge in [0.25, 0.3) is 5.56 Å². The molecule has 25 heteroatoms. The molecule has 4 aliphatic rings. The molecule has 47 heavy (non-hydrogen) atoms. The van der Waals surface area contributed by atoms with Crippen LogP contribution in [0.3, 0.4) is 0 Å². The van der Waals surface area contributed by atoms with Crippen LogP contribution in [0.15, 0.2) is 17.4 Å². The number of imidazole rings is 1. The number of hydrogen-bond acceptors (Lipinski definition) is 18. The largest absolute Gasteiger partial charge is 0.472 e. The summed E-state index contributed by atoms with van der Waals surface area (Å²) in [6, 6.07) is -0.742. The molecule has 22 nitrogen and oxygen atoms in total. The van der Waals surface area contributed by atoms with Crippen LogP contribution in [-0.4, -0.2) is 105 Å². The molecule has 2 saturated carbocycles. The van der Waals surface area contributed by atoms with E-state index in [-0.39, 0.29) is 22.9 Å². The number of hydrogen-bond donors (Lipinski definition) is 6. The van der Waals surface area contributed by atoms with Crippen LogP contribution in [-0.2, 0) is 36.7 Å². The molecular formula is C22H27N11O11P2S. The summed E-state index contributed by atoms with van der Waals surface area (Å²) < 4.78 is 64.3. The predicted molar refractivity (Wildman–Crippen MR) is 158 cm³/mol. The zero-order valence-corrected chi connectivity index (χ0v) is 26.7. The van der Waals surface area contributed by atoms with Gasteiger partial charge in [0.1, 0.15) is 42.4 Å². The molecule has 252 valence electrons. The summed E-state index contributed by atoms with van der Waals surface area (Å²) in [6.45, 7) is -5.24. The first kappa shape index (κ1) is 31.2. The normalized spacial score (nSPS) is 40.4. The fourth-order valence-electron chi connectivity index (χ4n) is 6.95. The van der Waals surface area contributed by atoms with E-state index in [2.05, 4.69) is 47.5 Å². The molecule has 2 saturated heterocycles. The third-order valence-corrected chi connectivity index (χ3v) is 11.6. The maximum atomic E-state index is 13.7. The van der Waals surface area contributed by atoms with Crippen LogP contribution in [0.25, 0.3) is 22.3 Å². The first-order valence-corrected chi connectivity index (χ1v) is 18.2. The van der Waals surface area contributed by atoms with E-state index >= 15 is 0 Å². The van der Waals surface area contributed by atoms with E-state index in [4.69, 9.17) is 39.0 Å². The third-order valence-electron chi connectivity index (χ3n) is 9.08. The lowest BCUT2D eigenvalue weighted by Crippen LogP contribution is -2.37. The summed E-state index contributed by atoms with van der Waals surface area (Å²) in [5.74, 6) is -0.541. The van der Waals surface area contributed by atoms with E-state index in [1.165, 1.54) is 19.8 Å². The van der Waals surface area contributed by atoms with Gasteiger partial charge in [-0.15, -0.1) is 5.10 Å². The molecule has 8 rings (SSSR count). The molecular weight excluding hydrogens is 688 g/mol. The lowest BCUT2D eigenvalue weighted by Gasteiger charge is -2.30. The van der Waals surface area contributed by atoms with E-state index in [0.717, 1.165) is 4.68 Å². The second-order valence-electron chi connectivity index (χ2n) is 11.6. The summed E-state index contributed by atoms with van der Waals surface area (Å²) in [7, 11) is -3.68. The van der Waals surface area contributed by atoms with E-state index in [9.17, 15) is 23.9 Å². The number of nitrogens with one attached hydrogen (secondary N) is 1. The number of nitrogen functional groups attached to an aromatic ring is 2. The van der Waals surface area contributed by atoms with Gasteiger partial charge in [-0.2, -0.15) is 9.67 Å². The van der Waals surface area contributed by atoms with Crippen molar-refractivity contribution in [3.05, 3.63) is 23.0 Å². The molecule has 6 heterocycles. The summed E-state index contributed by atoms with van der Waals surface area (Å²) in [6.07, 6.45) is -4.68. The number of H-pyrrole nitrogens is 1. The number of thiol groups is 1. The number of anilines is 2. The number of nitrogens with zero attached hydrogens (tertiary/aromatic N) is 8. The molecule has 0 radical (unpaired) electrons. The number of aliphatic hydroxyl groups is 1. The monoisotopic (exact) mass is 715 g/mol. The average molecular weight is 716 g/mol. The van der Waals surface area contributed by atoms with Crippen LogP contribution in [0, 0.1) is 11.3 Å². The Labute approximate surface area is 267 Å². The SMILES string of the molecule is CO[C@H]1[C@H]2OP(=O)(O)OCC34C[C@@H]3[C@@H](n3cnc5c(N)ncnc53)[C@H](O)[C@@H]4O[P@@](=O)(S)OC[C@H]1O[C@H]2n1nnc2c(=O)[nH]c(N)nc21. The molecule has 4 fully saturated rings. The number of aromatic amines is 1. The minimum Gasteiger partial charge on any atom is -0.388 e. The van der Waals surface area contributed by atoms with Crippen molar-refractivity contribution in [1.29, 1.82) is 0 Å². The minimum absolute atomic E-state index is 0.119. The van der Waals surface area contributed by atoms with Gasteiger partial charge in [-0.1, -0.05) is 17.5 Å². The van der Waals surface area contributed by atoms with Crippen molar-refractivity contribution in [2.75, 3.05) is 31.8 Å². The molecule has 1 spiro atoms. The number of aromatic nitrogens is 9. The van der Waals surface area contributed by atoms with Crippen molar-refractivity contribution in [2.45, 2.75) is 49.2 Å². The molecule has 0 amide bonds. The highest BCUT2D eigenvalue weighted by Gasteiger charge is 2.74. The fourth-order valence-corrected chi connectivity index (χ4v) is 9.47. The summed E-state index contributed by atoms with van der Waals surface area (Å²) in [5, 5.41) is 19.3. The molecule has 2 unspecified atom stereocenters. The maximum absolute atomic E-state index is 13.7. The quantitative estimate of drug-likeness (QED) is 0.113. The van der Waals surface area contributed by atoms with E-state index < -0.39 is 87.5 Å². The highest BCUT2D eigenvalue weighted by atomic mass is 32.7. The molecule has 4 aromatic heterocycles. The lowest BCUT2D eigenvalue weighted by atomic mass is 10.0. The zero-order valence-electron chi connectivity index (χ0n) is 24.0. The topological polar surface area (TPSA) is 302 Å². The van der Waals surface area contributed by atoms with E-state index in [1.54, 1.807) is 4.57 Å². The van der Waals surface area contributed by atoms with Gasteiger partial charge in [0.15, 0.2) is 28.9 Å².